The van der Waals surface area contributed by atoms with E-state index in [0.29, 0.717) is 5.69 Å². The Morgan fingerprint density at radius 2 is 1.90 bits per heavy atom. The Balaban J connectivity index is 2.34. The molecule has 1 aliphatic heterocycles. The van der Waals surface area contributed by atoms with Gasteiger partial charge in [-0.15, -0.1) is 5.10 Å². The molecule has 0 amide bonds. The van der Waals surface area contributed by atoms with Gasteiger partial charge in [0.15, 0.2) is 11.0 Å². The molecular formula is C13H15N3O4S. The molecule has 0 saturated carbocycles. The first-order valence-corrected chi connectivity index (χ1v) is 7.56. The third-order valence-corrected chi connectivity index (χ3v) is 4.91. The lowest BCUT2D eigenvalue weighted by molar-refractivity contribution is -0.140. The SMILES string of the molecule is COC(=O)[C@@H]1C=NN=C1S(=O)(=O)N(C)c1ccc(C)cc1. The smallest absolute Gasteiger partial charge is 0.321 e. The zero-order chi connectivity index (χ0) is 15.6. The zero-order valence-corrected chi connectivity index (χ0v) is 12.7. The van der Waals surface area contributed by atoms with Crippen molar-refractivity contribution in [3.05, 3.63) is 29.8 Å². The van der Waals surface area contributed by atoms with Crippen LogP contribution in [0.15, 0.2) is 34.5 Å². The second-order valence-corrected chi connectivity index (χ2v) is 6.43. The molecule has 0 radical (unpaired) electrons. The Labute approximate surface area is 123 Å². The minimum Gasteiger partial charge on any atom is -0.468 e. The zero-order valence-electron chi connectivity index (χ0n) is 11.8. The highest BCUT2D eigenvalue weighted by Gasteiger charge is 2.39. The molecule has 0 spiro atoms. The summed E-state index contributed by atoms with van der Waals surface area (Å²) in [6.07, 6.45) is 1.15. The topological polar surface area (TPSA) is 88.4 Å². The molecule has 0 aromatic heterocycles. The van der Waals surface area contributed by atoms with Crippen molar-refractivity contribution in [3.8, 4) is 0 Å². The molecule has 1 atom stereocenters. The van der Waals surface area contributed by atoms with Gasteiger partial charge >= 0.3 is 5.97 Å². The lowest BCUT2D eigenvalue weighted by atomic mass is 10.2. The van der Waals surface area contributed by atoms with Crippen LogP contribution in [0.5, 0.6) is 0 Å². The summed E-state index contributed by atoms with van der Waals surface area (Å²) >= 11 is 0. The first-order valence-electron chi connectivity index (χ1n) is 6.12. The number of carbonyl (C=O) groups excluding carboxylic acids is 1. The standard InChI is InChI=1S/C13H15N3O4S/c1-9-4-6-10(7-5-9)16(2)21(18,19)12-11(8-14-15-12)13(17)20-3/h4-8,11H,1-3H3/t11-/m1/s1. The molecule has 0 N–H and O–H groups in total. The average Bonchev–Trinajstić information content (AvgIpc) is 2.96. The van der Waals surface area contributed by atoms with Crippen LogP contribution in [-0.2, 0) is 19.6 Å². The van der Waals surface area contributed by atoms with E-state index in [4.69, 9.17) is 0 Å². The predicted octanol–water partition coefficient (Wildman–Crippen LogP) is 0.948. The number of aryl methyl sites for hydroxylation is 1. The van der Waals surface area contributed by atoms with Gasteiger partial charge in [0.1, 0.15) is 0 Å². The Morgan fingerprint density at radius 1 is 1.29 bits per heavy atom. The van der Waals surface area contributed by atoms with E-state index in [-0.39, 0.29) is 5.04 Å². The number of hydrogen-bond acceptors (Lipinski definition) is 6. The maximum atomic E-state index is 12.6. The van der Waals surface area contributed by atoms with Gasteiger partial charge in [0.05, 0.1) is 12.8 Å². The molecule has 0 aliphatic carbocycles. The summed E-state index contributed by atoms with van der Waals surface area (Å²) in [5.74, 6) is -1.82. The summed E-state index contributed by atoms with van der Waals surface area (Å²) in [5, 5.41) is 6.77. The number of nitrogens with zero attached hydrogens (tertiary/aromatic N) is 3. The van der Waals surface area contributed by atoms with E-state index in [1.807, 2.05) is 6.92 Å². The molecule has 0 unspecified atom stereocenters. The number of rotatable bonds is 3. The van der Waals surface area contributed by atoms with Crippen molar-refractivity contribution in [1.29, 1.82) is 0 Å². The van der Waals surface area contributed by atoms with Crippen LogP contribution in [-0.4, -0.2) is 39.8 Å². The van der Waals surface area contributed by atoms with Gasteiger partial charge in [-0.3, -0.25) is 9.10 Å². The van der Waals surface area contributed by atoms with E-state index in [2.05, 4.69) is 14.9 Å². The van der Waals surface area contributed by atoms with Crippen LogP contribution in [0.25, 0.3) is 0 Å². The first-order chi connectivity index (χ1) is 9.87. The number of hydrogen-bond donors (Lipinski definition) is 0. The third kappa shape index (κ3) is 2.80. The van der Waals surface area contributed by atoms with Gasteiger partial charge in [0, 0.05) is 13.3 Å². The molecule has 2 rings (SSSR count). The molecule has 0 bridgehead atoms. The maximum Gasteiger partial charge on any atom is 0.321 e. The minimum atomic E-state index is -3.95. The quantitative estimate of drug-likeness (QED) is 0.778. The van der Waals surface area contributed by atoms with E-state index in [1.54, 1.807) is 24.3 Å². The van der Waals surface area contributed by atoms with E-state index in [9.17, 15) is 13.2 Å². The molecule has 21 heavy (non-hydrogen) atoms. The third-order valence-electron chi connectivity index (χ3n) is 3.12. The molecule has 1 heterocycles. The highest BCUT2D eigenvalue weighted by atomic mass is 32.2. The summed E-state index contributed by atoms with van der Waals surface area (Å²) in [6, 6.07) is 6.95. The van der Waals surface area contributed by atoms with Gasteiger partial charge in [-0.1, -0.05) is 17.7 Å². The van der Waals surface area contributed by atoms with Crippen molar-refractivity contribution in [2.75, 3.05) is 18.5 Å². The van der Waals surface area contributed by atoms with E-state index in [1.165, 1.54) is 14.2 Å². The largest absolute Gasteiger partial charge is 0.468 e. The predicted molar refractivity (Wildman–Crippen MR) is 79.9 cm³/mol. The fourth-order valence-corrected chi connectivity index (χ4v) is 3.13. The summed E-state index contributed by atoms with van der Waals surface area (Å²) in [4.78, 5) is 11.6. The monoisotopic (exact) mass is 309 g/mol. The minimum absolute atomic E-state index is 0.336. The van der Waals surface area contributed by atoms with Gasteiger partial charge < -0.3 is 4.74 Å². The van der Waals surface area contributed by atoms with Gasteiger partial charge in [0.2, 0.25) is 0 Å². The van der Waals surface area contributed by atoms with E-state index >= 15 is 0 Å². The van der Waals surface area contributed by atoms with E-state index in [0.717, 1.165) is 16.1 Å². The normalized spacial score (nSPS) is 17.5. The fraction of sp³-hybridized carbons (Fsp3) is 0.308. The number of benzene rings is 1. The number of esters is 1. The molecule has 7 nitrogen and oxygen atoms in total. The van der Waals surface area contributed by atoms with Crippen LogP contribution in [0, 0.1) is 12.8 Å². The summed E-state index contributed by atoms with van der Waals surface area (Å²) in [6.45, 7) is 1.90. The van der Waals surface area contributed by atoms with Gasteiger partial charge in [-0.2, -0.15) is 13.5 Å². The Morgan fingerprint density at radius 3 is 2.48 bits per heavy atom. The van der Waals surface area contributed by atoms with Crippen LogP contribution >= 0.6 is 0 Å². The van der Waals surface area contributed by atoms with Crippen LogP contribution in [0.3, 0.4) is 0 Å². The molecular weight excluding hydrogens is 294 g/mol. The summed E-state index contributed by atoms with van der Waals surface area (Å²) in [7, 11) is -1.37. The summed E-state index contributed by atoms with van der Waals surface area (Å²) < 4.78 is 30.7. The second kappa shape index (κ2) is 5.65. The Bertz CT molecular complexity index is 707. The molecule has 0 saturated heterocycles. The lowest BCUT2D eigenvalue weighted by Gasteiger charge is -2.20. The van der Waals surface area contributed by atoms with Crippen LogP contribution < -0.4 is 4.31 Å². The second-order valence-electron chi connectivity index (χ2n) is 4.51. The van der Waals surface area contributed by atoms with Crippen LogP contribution in [0.4, 0.5) is 5.69 Å². The molecule has 1 aliphatic rings. The molecule has 1 aromatic rings. The van der Waals surface area contributed by atoms with Crippen molar-refractivity contribution < 1.29 is 17.9 Å². The summed E-state index contributed by atoms with van der Waals surface area (Å²) in [5.41, 5.74) is 1.48. The highest BCUT2D eigenvalue weighted by molar-refractivity contribution is 8.07. The molecule has 0 fully saturated rings. The number of ether oxygens (including phenoxy) is 1. The number of methoxy groups -OCH3 is 1. The number of carbonyl (C=O) groups is 1. The maximum absolute atomic E-state index is 12.6. The first kappa shape index (κ1) is 15.2. The number of sulfonamides is 1. The van der Waals surface area contributed by atoms with Crippen molar-refractivity contribution in [2.24, 2.45) is 16.1 Å². The van der Waals surface area contributed by atoms with E-state index < -0.39 is 21.9 Å². The van der Waals surface area contributed by atoms with Crippen LogP contribution in [0.1, 0.15) is 5.56 Å². The molecule has 8 heteroatoms. The number of anilines is 1. The molecule has 1 aromatic carbocycles. The Kier molecular flexibility index (Phi) is 4.08. The molecule has 112 valence electrons. The van der Waals surface area contributed by atoms with Gasteiger partial charge in [0.25, 0.3) is 10.0 Å². The lowest BCUT2D eigenvalue weighted by Crippen LogP contribution is -2.39. The average molecular weight is 309 g/mol. The van der Waals surface area contributed by atoms with Gasteiger partial charge in [-0.25, -0.2) is 0 Å². The highest BCUT2D eigenvalue weighted by Crippen LogP contribution is 2.22. The van der Waals surface area contributed by atoms with Crippen LogP contribution in [0.2, 0.25) is 0 Å². The van der Waals surface area contributed by atoms with Crippen molar-refractivity contribution in [1.82, 2.24) is 0 Å². The fourth-order valence-electron chi connectivity index (χ4n) is 1.82. The Hall–Kier alpha value is -2.22. The van der Waals surface area contributed by atoms with Gasteiger partial charge in [-0.05, 0) is 19.1 Å². The van der Waals surface area contributed by atoms with Crippen molar-refractivity contribution >= 4 is 32.9 Å². The van der Waals surface area contributed by atoms with Crippen molar-refractivity contribution in [2.45, 2.75) is 6.92 Å². The van der Waals surface area contributed by atoms with Crippen molar-refractivity contribution in [3.63, 3.8) is 0 Å².